The molecule has 0 atom stereocenters. The van der Waals surface area contributed by atoms with Crippen LogP contribution in [-0.4, -0.2) is 11.8 Å². The molecule has 0 fully saturated rings. The number of rotatable bonds is 3. The van der Waals surface area contributed by atoms with E-state index in [1.807, 2.05) is 13.0 Å². The van der Waals surface area contributed by atoms with E-state index in [1.165, 1.54) is 12.1 Å². The topological polar surface area (TPSA) is 72.2 Å². The van der Waals surface area contributed by atoms with Gasteiger partial charge in [0.05, 0.1) is 21.3 Å². The molecular formula is C15H12Cl2N2O2. The average Bonchev–Trinajstić information content (AvgIpc) is 2.41. The molecule has 0 aliphatic rings. The molecule has 21 heavy (non-hydrogen) atoms. The monoisotopic (exact) mass is 322 g/mol. The highest BCUT2D eigenvalue weighted by atomic mass is 35.5. The van der Waals surface area contributed by atoms with E-state index in [9.17, 15) is 9.59 Å². The molecular weight excluding hydrogens is 311 g/mol. The number of nitrogens with two attached hydrogens (primary N) is 1. The Morgan fingerprint density at radius 3 is 2.43 bits per heavy atom. The molecule has 0 aliphatic carbocycles. The third-order valence-corrected chi connectivity index (χ3v) is 3.48. The van der Waals surface area contributed by atoms with Crippen LogP contribution in [0.3, 0.4) is 0 Å². The van der Waals surface area contributed by atoms with Crippen LogP contribution in [0.25, 0.3) is 0 Å². The fourth-order valence-corrected chi connectivity index (χ4v) is 2.34. The van der Waals surface area contributed by atoms with Gasteiger partial charge >= 0.3 is 0 Å². The summed E-state index contributed by atoms with van der Waals surface area (Å²) in [6.07, 6.45) is 0. The summed E-state index contributed by atoms with van der Waals surface area (Å²) in [5.41, 5.74) is 7.04. The molecule has 2 aromatic carbocycles. The maximum Gasteiger partial charge on any atom is 0.255 e. The minimum atomic E-state index is -0.692. The number of amides is 2. The van der Waals surface area contributed by atoms with Crippen LogP contribution in [0.1, 0.15) is 26.3 Å². The minimum absolute atomic E-state index is 0.0978. The summed E-state index contributed by atoms with van der Waals surface area (Å²) >= 11 is 11.9. The van der Waals surface area contributed by atoms with E-state index in [1.54, 1.807) is 18.2 Å². The van der Waals surface area contributed by atoms with Crippen LogP contribution in [0.5, 0.6) is 0 Å². The number of carbonyl (C=O) groups is 2. The Kier molecular flexibility index (Phi) is 4.50. The molecule has 0 radical (unpaired) electrons. The third-order valence-electron chi connectivity index (χ3n) is 2.85. The molecule has 0 bridgehead atoms. The van der Waals surface area contributed by atoms with Crippen molar-refractivity contribution in [3.63, 3.8) is 0 Å². The number of benzene rings is 2. The Balaban J connectivity index is 2.33. The number of nitrogens with one attached hydrogen (secondary N) is 1. The fourth-order valence-electron chi connectivity index (χ4n) is 1.81. The standard InChI is InChI=1S/C15H12Cl2N2O2/c1-8-3-2-4-9(5-8)15(21)19-13-6-10(14(18)20)11(16)7-12(13)17/h2-7H,1H3,(H2,18,20)(H,19,21). The largest absolute Gasteiger partial charge is 0.366 e. The van der Waals surface area contributed by atoms with Gasteiger partial charge < -0.3 is 11.1 Å². The second kappa shape index (κ2) is 6.16. The third kappa shape index (κ3) is 3.54. The number of carbonyl (C=O) groups excluding carboxylic acids is 2. The zero-order valence-electron chi connectivity index (χ0n) is 11.1. The van der Waals surface area contributed by atoms with Crippen LogP contribution >= 0.6 is 23.2 Å². The predicted octanol–water partition coefficient (Wildman–Crippen LogP) is 3.65. The Hall–Kier alpha value is -2.04. The second-order valence-corrected chi connectivity index (χ2v) is 5.31. The van der Waals surface area contributed by atoms with E-state index in [2.05, 4.69) is 5.32 Å². The molecule has 6 heteroatoms. The van der Waals surface area contributed by atoms with Gasteiger partial charge in [0.25, 0.3) is 5.91 Å². The van der Waals surface area contributed by atoms with Gasteiger partial charge in [-0.05, 0) is 31.2 Å². The number of aryl methyl sites for hydroxylation is 1. The summed E-state index contributed by atoms with van der Waals surface area (Å²) in [7, 11) is 0. The van der Waals surface area contributed by atoms with Crippen molar-refractivity contribution in [3.05, 3.63) is 63.1 Å². The molecule has 0 saturated heterocycles. The van der Waals surface area contributed by atoms with Crippen molar-refractivity contribution in [2.75, 3.05) is 5.32 Å². The van der Waals surface area contributed by atoms with Crippen LogP contribution in [0.15, 0.2) is 36.4 Å². The summed E-state index contributed by atoms with van der Waals surface area (Å²) in [4.78, 5) is 23.4. The molecule has 2 rings (SSSR count). The second-order valence-electron chi connectivity index (χ2n) is 4.50. The van der Waals surface area contributed by atoms with Crippen molar-refractivity contribution >= 4 is 40.7 Å². The average molecular weight is 323 g/mol. The molecule has 0 aliphatic heterocycles. The van der Waals surface area contributed by atoms with Crippen LogP contribution in [0, 0.1) is 6.92 Å². The van der Waals surface area contributed by atoms with Gasteiger partial charge in [0, 0.05) is 5.56 Å². The van der Waals surface area contributed by atoms with Crippen molar-refractivity contribution in [2.24, 2.45) is 5.73 Å². The lowest BCUT2D eigenvalue weighted by Crippen LogP contribution is -2.15. The van der Waals surface area contributed by atoms with Gasteiger partial charge in [-0.15, -0.1) is 0 Å². The lowest BCUT2D eigenvalue weighted by Gasteiger charge is -2.10. The molecule has 0 aromatic heterocycles. The smallest absolute Gasteiger partial charge is 0.255 e. The van der Waals surface area contributed by atoms with Gasteiger partial charge in [-0.1, -0.05) is 40.9 Å². The molecule has 108 valence electrons. The van der Waals surface area contributed by atoms with E-state index < -0.39 is 5.91 Å². The van der Waals surface area contributed by atoms with Gasteiger partial charge in [-0.25, -0.2) is 0 Å². The number of anilines is 1. The molecule has 2 amide bonds. The lowest BCUT2D eigenvalue weighted by molar-refractivity contribution is 0.0996. The zero-order chi connectivity index (χ0) is 15.6. The maximum absolute atomic E-state index is 12.2. The number of halogens is 2. The van der Waals surface area contributed by atoms with Crippen LogP contribution < -0.4 is 11.1 Å². The quantitative estimate of drug-likeness (QED) is 0.905. The first kappa shape index (κ1) is 15.4. The van der Waals surface area contributed by atoms with E-state index in [0.717, 1.165) is 5.56 Å². The first-order chi connectivity index (χ1) is 9.88. The van der Waals surface area contributed by atoms with E-state index in [-0.39, 0.29) is 27.2 Å². The molecule has 0 spiro atoms. The van der Waals surface area contributed by atoms with Gasteiger partial charge in [0.2, 0.25) is 5.91 Å². The van der Waals surface area contributed by atoms with Gasteiger partial charge in [-0.2, -0.15) is 0 Å². The van der Waals surface area contributed by atoms with Crippen molar-refractivity contribution in [3.8, 4) is 0 Å². The fraction of sp³-hybridized carbons (Fsp3) is 0.0667. The molecule has 2 aromatic rings. The molecule has 0 heterocycles. The first-order valence-electron chi connectivity index (χ1n) is 6.05. The van der Waals surface area contributed by atoms with Gasteiger partial charge in [-0.3, -0.25) is 9.59 Å². The van der Waals surface area contributed by atoms with Crippen molar-refractivity contribution in [1.82, 2.24) is 0 Å². The summed E-state index contributed by atoms with van der Waals surface area (Å²) < 4.78 is 0. The maximum atomic E-state index is 12.2. The SMILES string of the molecule is Cc1cccc(C(=O)Nc2cc(C(N)=O)c(Cl)cc2Cl)c1. The van der Waals surface area contributed by atoms with E-state index in [4.69, 9.17) is 28.9 Å². The van der Waals surface area contributed by atoms with Gasteiger partial charge in [0.1, 0.15) is 0 Å². The lowest BCUT2D eigenvalue weighted by atomic mass is 10.1. The Bertz CT molecular complexity index is 730. The van der Waals surface area contributed by atoms with Crippen molar-refractivity contribution in [1.29, 1.82) is 0 Å². The summed E-state index contributed by atoms with van der Waals surface area (Å²) in [6.45, 7) is 1.89. The zero-order valence-corrected chi connectivity index (χ0v) is 12.6. The highest BCUT2D eigenvalue weighted by Crippen LogP contribution is 2.29. The van der Waals surface area contributed by atoms with E-state index >= 15 is 0 Å². The number of hydrogen-bond acceptors (Lipinski definition) is 2. The number of primary amides is 1. The van der Waals surface area contributed by atoms with Crippen LogP contribution in [0.4, 0.5) is 5.69 Å². The molecule has 0 unspecified atom stereocenters. The molecule has 4 nitrogen and oxygen atoms in total. The normalized spacial score (nSPS) is 10.2. The van der Waals surface area contributed by atoms with Crippen LogP contribution in [0.2, 0.25) is 10.0 Å². The predicted molar refractivity (Wildman–Crippen MR) is 84.1 cm³/mol. The Morgan fingerprint density at radius 2 is 1.81 bits per heavy atom. The highest BCUT2D eigenvalue weighted by Gasteiger charge is 2.14. The summed E-state index contributed by atoms with van der Waals surface area (Å²) in [5.74, 6) is -1.03. The minimum Gasteiger partial charge on any atom is -0.366 e. The summed E-state index contributed by atoms with van der Waals surface area (Å²) in [5, 5.41) is 3.01. The Labute approximate surface area is 131 Å². The Morgan fingerprint density at radius 1 is 1.10 bits per heavy atom. The van der Waals surface area contributed by atoms with E-state index in [0.29, 0.717) is 5.56 Å². The van der Waals surface area contributed by atoms with Crippen LogP contribution in [-0.2, 0) is 0 Å². The summed E-state index contributed by atoms with van der Waals surface area (Å²) in [6, 6.07) is 9.82. The highest BCUT2D eigenvalue weighted by molar-refractivity contribution is 6.38. The van der Waals surface area contributed by atoms with Gasteiger partial charge in [0.15, 0.2) is 0 Å². The molecule has 0 saturated carbocycles. The number of hydrogen-bond donors (Lipinski definition) is 2. The molecule has 3 N–H and O–H groups in total. The first-order valence-corrected chi connectivity index (χ1v) is 6.81. The van der Waals surface area contributed by atoms with Crippen molar-refractivity contribution < 1.29 is 9.59 Å². The van der Waals surface area contributed by atoms with Crippen molar-refractivity contribution in [2.45, 2.75) is 6.92 Å².